The van der Waals surface area contributed by atoms with Crippen LogP contribution in [0.2, 0.25) is 0 Å². The third-order valence-corrected chi connectivity index (χ3v) is 3.76. The molecule has 0 aliphatic carbocycles. The van der Waals surface area contributed by atoms with Crippen molar-refractivity contribution in [2.75, 3.05) is 7.11 Å². The molecule has 6 nitrogen and oxygen atoms in total. The van der Waals surface area contributed by atoms with E-state index in [9.17, 15) is 20.1 Å². The second-order valence-electron chi connectivity index (χ2n) is 5.29. The van der Waals surface area contributed by atoms with E-state index in [1.54, 1.807) is 18.2 Å². The van der Waals surface area contributed by atoms with Gasteiger partial charge in [0.05, 0.1) is 7.11 Å². The van der Waals surface area contributed by atoms with Gasteiger partial charge in [0, 0.05) is 0 Å². The van der Waals surface area contributed by atoms with Crippen molar-refractivity contribution in [1.82, 2.24) is 0 Å². The Morgan fingerprint density at radius 2 is 1.87 bits per heavy atom. The van der Waals surface area contributed by atoms with Crippen molar-refractivity contribution < 1.29 is 30.0 Å². The zero-order chi connectivity index (χ0) is 17.2. The largest absolute Gasteiger partial charge is 0.504 e. The van der Waals surface area contributed by atoms with Gasteiger partial charge in [-0.1, -0.05) is 30.3 Å². The maximum absolute atomic E-state index is 11.1. The fraction of sp³-hybridized carbons (Fsp3) is 0.235. The Morgan fingerprint density at radius 3 is 2.48 bits per heavy atom. The number of ether oxygens (including phenoxy) is 1. The first kappa shape index (κ1) is 16.8. The number of hydrogen-bond donors (Lipinski definition) is 4. The second kappa shape index (κ2) is 6.28. The molecule has 0 saturated heterocycles. The lowest BCUT2D eigenvalue weighted by Crippen LogP contribution is -2.26. The van der Waals surface area contributed by atoms with Crippen LogP contribution in [0.1, 0.15) is 29.7 Å². The van der Waals surface area contributed by atoms with Gasteiger partial charge >= 0.3 is 5.97 Å². The fourth-order valence-electron chi connectivity index (χ4n) is 2.45. The van der Waals surface area contributed by atoms with E-state index in [0.717, 1.165) is 0 Å². The summed E-state index contributed by atoms with van der Waals surface area (Å²) < 4.78 is 5.03. The maximum Gasteiger partial charge on any atom is 0.337 e. The van der Waals surface area contributed by atoms with Crippen molar-refractivity contribution >= 4 is 5.97 Å². The van der Waals surface area contributed by atoms with Gasteiger partial charge in [-0.2, -0.15) is 0 Å². The van der Waals surface area contributed by atoms with Gasteiger partial charge in [-0.3, -0.25) is 0 Å². The van der Waals surface area contributed by atoms with E-state index in [1.165, 1.54) is 38.3 Å². The summed E-state index contributed by atoms with van der Waals surface area (Å²) in [6.07, 6.45) is -1.75. The number of phenols is 1. The number of aliphatic carboxylic acids is 1. The molecule has 0 radical (unpaired) electrons. The summed E-state index contributed by atoms with van der Waals surface area (Å²) in [5.74, 6) is -1.30. The maximum atomic E-state index is 11.1. The van der Waals surface area contributed by atoms with E-state index in [2.05, 4.69) is 0 Å². The molecule has 0 saturated carbocycles. The molecule has 4 N–H and O–H groups in total. The smallest absolute Gasteiger partial charge is 0.337 e. The van der Waals surface area contributed by atoms with Gasteiger partial charge < -0.3 is 25.2 Å². The van der Waals surface area contributed by atoms with Gasteiger partial charge in [0.2, 0.25) is 0 Å². The van der Waals surface area contributed by atoms with Gasteiger partial charge in [0.15, 0.2) is 17.6 Å². The summed E-state index contributed by atoms with van der Waals surface area (Å²) in [6.45, 7) is 1.48. The first-order chi connectivity index (χ1) is 10.8. The van der Waals surface area contributed by atoms with E-state index in [-0.39, 0.29) is 22.6 Å². The van der Waals surface area contributed by atoms with E-state index in [4.69, 9.17) is 9.84 Å². The Balaban J connectivity index is 2.58. The molecule has 0 heterocycles. The second-order valence-corrected chi connectivity index (χ2v) is 5.29. The highest BCUT2D eigenvalue weighted by atomic mass is 16.5. The molecule has 2 aromatic rings. The standard InChI is InChI=1S/C17H18O6/c1-17(22,10-7-8-13(18)14(9-10)23-2)12-6-4-3-5-11(12)15(19)16(20)21/h3-9,15,18-19,22H,1-2H3,(H,20,21). The molecule has 0 spiro atoms. The van der Waals surface area contributed by atoms with E-state index < -0.39 is 17.7 Å². The molecule has 0 aromatic heterocycles. The number of hydrogen-bond acceptors (Lipinski definition) is 5. The number of rotatable bonds is 5. The third-order valence-electron chi connectivity index (χ3n) is 3.76. The summed E-state index contributed by atoms with van der Waals surface area (Å²) in [7, 11) is 1.38. The molecule has 0 fully saturated rings. The molecule has 0 bridgehead atoms. The average Bonchev–Trinajstić information content (AvgIpc) is 2.54. The quantitative estimate of drug-likeness (QED) is 0.669. The lowest BCUT2D eigenvalue weighted by Gasteiger charge is -2.28. The van der Waals surface area contributed by atoms with Crippen LogP contribution in [-0.4, -0.2) is 33.5 Å². The molecule has 0 aliphatic rings. The van der Waals surface area contributed by atoms with Gasteiger partial charge in [0.1, 0.15) is 5.60 Å². The predicted molar refractivity (Wildman–Crippen MR) is 82.4 cm³/mol. The first-order valence-electron chi connectivity index (χ1n) is 6.89. The van der Waals surface area contributed by atoms with Crippen molar-refractivity contribution in [2.24, 2.45) is 0 Å². The number of aromatic hydroxyl groups is 1. The van der Waals surface area contributed by atoms with Crippen LogP contribution in [0.4, 0.5) is 0 Å². The van der Waals surface area contributed by atoms with Crippen LogP contribution >= 0.6 is 0 Å². The Hall–Kier alpha value is -2.57. The average molecular weight is 318 g/mol. The van der Waals surface area contributed by atoms with Crippen molar-refractivity contribution in [3.63, 3.8) is 0 Å². The van der Waals surface area contributed by atoms with Crippen LogP contribution in [-0.2, 0) is 10.4 Å². The zero-order valence-electron chi connectivity index (χ0n) is 12.7. The van der Waals surface area contributed by atoms with Gasteiger partial charge in [-0.05, 0) is 35.7 Å². The highest BCUT2D eigenvalue weighted by Crippen LogP contribution is 2.37. The first-order valence-corrected chi connectivity index (χ1v) is 6.89. The summed E-state index contributed by atoms with van der Waals surface area (Å²) >= 11 is 0. The van der Waals surface area contributed by atoms with Crippen LogP contribution in [0.5, 0.6) is 11.5 Å². The molecule has 23 heavy (non-hydrogen) atoms. The molecule has 2 unspecified atom stereocenters. The molecule has 6 heteroatoms. The van der Waals surface area contributed by atoms with Crippen molar-refractivity contribution in [1.29, 1.82) is 0 Å². The Morgan fingerprint density at radius 1 is 1.22 bits per heavy atom. The van der Waals surface area contributed by atoms with Crippen molar-refractivity contribution in [2.45, 2.75) is 18.6 Å². The van der Waals surface area contributed by atoms with Crippen LogP contribution in [0.25, 0.3) is 0 Å². The molecule has 2 aromatic carbocycles. The van der Waals surface area contributed by atoms with Crippen LogP contribution < -0.4 is 4.74 Å². The minimum atomic E-state index is -1.75. The summed E-state index contributed by atoms with van der Waals surface area (Å²) in [4.78, 5) is 11.1. The normalized spacial score (nSPS) is 14.8. The number of aliphatic hydroxyl groups is 2. The zero-order valence-corrected chi connectivity index (χ0v) is 12.7. The highest BCUT2D eigenvalue weighted by Gasteiger charge is 2.32. The molecule has 0 amide bonds. The molecule has 122 valence electrons. The topological polar surface area (TPSA) is 107 Å². The fourth-order valence-corrected chi connectivity index (χ4v) is 2.45. The van der Waals surface area contributed by atoms with Crippen molar-refractivity contribution in [3.8, 4) is 11.5 Å². The Kier molecular flexibility index (Phi) is 4.58. The van der Waals surface area contributed by atoms with Gasteiger partial charge in [-0.25, -0.2) is 4.79 Å². The van der Waals surface area contributed by atoms with E-state index in [0.29, 0.717) is 5.56 Å². The number of aliphatic hydroxyl groups excluding tert-OH is 1. The Bertz CT molecular complexity index is 723. The lowest BCUT2D eigenvalue weighted by atomic mass is 9.83. The molecule has 2 atom stereocenters. The van der Waals surface area contributed by atoms with Crippen LogP contribution in [0, 0.1) is 0 Å². The molecule has 0 aliphatic heterocycles. The summed E-state index contributed by atoms with van der Waals surface area (Å²) in [6, 6.07) is 10.5. The minimum absolute atomic E-state index is 0.0779. The van der Waals surface area contributed by atoms with Crippen molar-refractivity contribution in [3.05, 3.63) is 59.2 Å². The minimum Gasteiger partial charge on any atom is -0.504 e. The number of carbonyl (C=O) groups is 1. The number of methoxy groups -OCH3 is 1. The van der Waals surface area contributed by atoms with Crippen LogP contribution in [0.15, 0.2) is 42.5 Å². The summed E-state index contributed by atoms with van der Waals surface area (Å²) in [5.41, 5.74) is -0.856. The lowest BCUT2D eigenvalue weighted by molar-refractivity contribution is -0.147. The number of carboxylic acid groups (broad SMARTS) is 1. The molecular weight excluding hydrogens is 300 g/mol. The van der Waals surface area contributed by atoms with Gasteiger partial charge in [0.25, 0.3) is 0 Å². The van der Waals surface area contributed by atoms with E-state index >= 15 is 0 Å². The number of carboxylic acids is 1. The predicted octanol–water partition coefficient (Wildman–Crippen LogP) is 1.77. The molecule has 2 rings (SSSR count). The summed E-state index contributed by atoms with van der Waals surface area (Å²) in [5, 5.41) is 39.5. The Labute approximate surface area is 133 Å². The number of benzene rings is 2. The third kappa shape index (κ3) is 3.13. The monoisotopic (exact) mass is 318 g/mol. The van der Waals surface area contributed by atoms with Crippen LogP contribution in [0.3, 0.4) is 0 Å². The highest BCUT2D eigenvalue weighted by molar-refractivity contribution is 5.75. The number of phenolic OH excluding ortho intramolecular Hbond substituents is 1. The molecular formula is C17H18O6. The SMILES string of the molecule is COc1cc(C(C)(O)c2ccccc2C(O)C(=O)O)ccc1O. The van der Waals surface area contributed by atoms with Gasteiger partial charge in [-0.15, -0.1) is 0 Å². The van der Waals surface area contributed by atoms with E-state index in [1.807, 2.05) is 0 Å².